The highest BCUT2D eigenvalue weighted by atomic mass is 16.5. The molecule has 0 unspecified atom stereocenters. The largest absolute Gasteiger partial charge is 0.394 e. The van der Waals surface area contributed by atoms with Crippen molar-refractivity contribution in [3.8, 4) is 0 Å². The fraction of sp³-hybridized carbons (Fsp3) is 0.533. The molecule has 3 N–H and O–H groups in total. The predicted octanol–water partition coefficient (Wildman–Crippen LogP) is 2.33. The van der Waals surface area contributed by atoms with Crippen molar-refractivity contribution in [3.63, 3.8) is 0 Å². The van der Waals surface area contributed by atoms with Gasteiger partial charge < -0.3 is 20.5 Å². The molecule has 0 bridgehead atoms. The summed E-state index contributed by atoms with van der Waals surface area (Å²) in [5, 5.41) is 14.1. The molecule has 0 heterocycles. The molecule has 0 aromatic heterocycles. The Balaban J connectivity index is 2.26. The number of anilines is 1. The van der Waals surface area contributed by atoms with Gasteiger partial charge in [-0.3, -0.25) is 0 Å². The van der Waals surface area contributed by atoms with Gasteiger partial charge in [0, 0.05) is 18.8 Å². The zero-order valence-corrected chi connectivity index (χ0v) is 12.2. The quantitative estimate of drug-likeness (QED) is 0.640. The summed E-state index contributed by atoms with van der Waals surface area (Å²) in [6.07, 6.45) is 0.722. The minimum Gasteiger partial charge on any atom is -0.394 e. The van der Waals surface area contributed by atoms with Crippen LogP contribution in [0.15, 0.2) is 24.3 Å². The molecule has 20 heavy (non-hydrogen) atoms. The molecule has 0 saturated heterocycles. The Hall–Kier alpha value is -1.59. The molecule has 0 fully saturated rings. The van der Waals surface area contributed by atoms with Crippen LogP contribution in [0.1, 0.15) is 31.7 Å². The number of aliphatic hydroxyl groups excluding tert-OH is 1. The molecule has 0 radical (unpaired) electrons. The number of rotatable bonds is 8. The van der Waals surface area contributed by atoms with E-state index in [-0.39, 0.29) is 12.6 Å². The van der Waals surface area contributed by atoms with Gasteiger partial charge in [-0.25, -0.2) is 4.79 Å². The van der Waals surface area contributed by atoms with Crippen LogP contribution < -0.4 is 10.6 Å². The topological polar surface area (TPSA) is 70.6 Å². The van der Waals surface area contributed by atoms with E-state index in [4.69, 9.17) is 9.84 Å². The van der Waals surface area contributed by atoms with Gasteiger partial charge in [-0.1, -0.05) is 26.0 Å². The fourth-order valence-corrected chi connectivity index (χ4v) is 1.69. The summed E-state index contributed by atoms with van der Waals surface area (Å²) in [6.45, 7) is 5.68. The van der Waals surface area contributed by atoms with Crippen LogP contribution in [0.4, 0.5) is 10.5 Å². The summed E-state index contributed by atoms with van der Waals surface area (Å²) in [5.41, 5.74) is 1.99. The highest BCUT2D eigenvalue weighted by molar-refractivity contribution is 5.89. The second-order valence-corrected chi connectivity index (χ2v) is 4.85. The zero-order valence-electron chi connectivity index (χ0n) is 12.2. The molecule has 5 nitrogen and oxygen atoms in total. The number of carbonyl (C=O) groups excluding carboxylic acids is 1. The molecular formula is C15H24N2O3. The number of carbonyl (C=O) groups is 1. The molecule has 0 spiro atoms. The van der Waals surface area contributed by atoms with Gasteiger partial charge in [0.25, 0.3) is 0 Å². The standard InChI is InChI=1S/C15H24N2O3/c1-12(2)13-5-3-6-14(11-13)17-15(19)16-7-4-9-20-10-8-18/h3,5-6,11-12,18H,4,7-10H2,1-2H3,(H2,16,17,19). The van der Waals surface area contributed by atoms with Gasteiger partial charge in [-0.2, -0.15) is 0 Å². The van der Waals surface area contributed by atoms with Gasteiger partial charge in [0.2, 0.25) is 0 Å². The number of aliphatic hydroxyl groups is 1. The number of amides is 2. The van der Waals surface area contributed by atoms with Crippen molar-refractivity contribution in [2.45, 2.75) is 26.2 Å². The van der Waals surface area contributed by atoms with Gasteiger partial charge in [-0.15, -0.1) is 0 Å². The first-order chi connectivity index (χ1) is 9.63. The van der Waals surface area contributed by atoms with Crippen LogP contribution in [-0.4, -0.2) is 37.5 Å². The van der Waals surface area contributed by atoms with E-state index in [0.717, 1.165) is 12.1 Å². The molecule has 5 heteroatoms. The average molecular weight is 280 g/mol. The van der Waals surface area contributed by atoms with Crippen molar-refractivity contribution in [1.82, 2.24) is 5.32 Å². The molecule has 0 aliphatic rings. The lowest BCUT2D eigenvalue weighted by atomic mass is 10.0. The van der Waals surface area contributed by atoms with Gasteiger partial charge >= 0.3 is 6.03 Å². The molecule has 0 aliphatic heterocycles. The van der Waals surface area contributed by atoms with Crippen LogP contribution in [0.3, 0.4) is 0 Å². The molecular weight excluding hydrogens is 256 g/mol. The molecule has 112 valence electrons. The van der Waals surface area contributed by atoms with Gasteiger partial charge in [-0.05, 0) is 30.0 Å². The summed E-state index contributed by atoms with van der Waals surface area (Å²) in [6, 6.07) is 7.62. The monoisotopic (exact) mass is 280 g/mol. The summed E-state index contributed by atoms with van der Waals surface area (Å²) in [4.78, 5) is 11.7. The molecule has 1 aromatic carbocycles. The molecule has 0 atom stereocenters. The molecule has 1 rings (SSSR count). The second-order valence-electron chi connectivity index (χ2n) is 4.85. The highest BCUT2D eigenvalue weighted by Crippen LogP contribution is 2.18. The molecule has 0 aliphatic carbocycles. The van der Waals surface area contributed by atoms with Crippen molar-refractivity contribution >= 4 is 11.7 Å². The van der Waals surface area contributed by atoms with Crippen LogP contribution in [0.25, 0.3) is 0 Å². The zero-order chi connectivity index (χ0) is 14.8. The Kier molecular flexibility index (Phi) is 7.69. The maximum atomic E-state index is 11.7. The number of benzene rings is 1. The first-order valence-corrected chi connectivity index (χ1v) is 6.97. The van der Waals surface area contributed by atoms with Crippen molar-refractivity contribution < 1.29 is 14.6 Å². The van der Waals surface area contributed by atoms with Crippen LogP contribution >= 0.6 is 0 Å². The van der Waals surface area contributed by atoms with Crippen LogP contribution in [0, 0.1) is 0 Å². The van der Waals surface area contributed by atoms with E-state index in [9.17, 15) is 4.79 Å². The number of urea groups is 1. The molecule has 2 amide bonds. The normalized spacial score (nSPS) is 10.6. The van der Waals surface area contributed by atoms with Crippen molar-refractivity contribution in [2.24, 2.45) is 0 Å². The fourth-order valence-electron chi connectivity index (χ4n) is 1.69. The van der Waals surface area contributed by atoms with E-state index >= 15 is 0 Å². The second kappa shape index (κ2) is 9.34. The lowest BCUT2D eigenvalue weighted by Crippen LogP contribution is -2.30. The van der Waals surface area contributed by atoms with E-state index in [2.05, 4.69) is 24.5 Å². The SMILES string of the molecule is CC(C)c1cccc(NC(=O)NCCCOCCO)c1. The summed E-state index contributed by atoms with van der Waals surface area (Å²) >= 11 is 0. The van der Waals surface area contributed by atoms with E-state index in [1.54, 1.807) is 0 Å². The Morgan fingerprint density at radius 1 is 1.35 bits per heavy atom. The van der Waals surface area contributed by atoms with Crippen LogP contribution in [0.5, 0.6) is 0 Å². The lowest BCUT2D eigenvalue weighted by Gasteiger charge is -2.10. The molecule has 0 saturated carbocycles. The van der Waals surface area contributed by atoms with Crippen molar-refractivity contribution in [2.75, 3.05) is 31.7 Å². The number of hydrogen-bond donors (Lipinski definition) is 3. The van der Waals surface area contributed by atoms with Gasteiger partial charge in [0.15, 0.2) is 0 Å². The Morgan fingerprint density at radius 3 is 2.85 bits per heavy atom. The number of ether oxygens (including phenoxy) is 1. The van der Waals surface area contributed by atoms with E-state index in [1.165, 1.54) is 5.56 Å². The molecule has 1 aromatic rings. The Labute approximate surface area is 120 Å². The highest BCUT2D eigenvalue weighted by Gasteiger charge is 2.03. The Morgan fingerprint density at radius 2 is 2.15 bits per heavy atom. The van der Waals surface area contributed by atoms with Crippen LogP contribution in [0.2, 0.25) is 0 Å². The van der Waals surface area contributed by atoms with E-state index < -0.39 is 0 Å². The lowest BCUT2D eigenvalue weighted by molar-refractivity contribution is 0.0910. The smallest absolute Gasteiger partial charge is 0.319 e. The number of hydrogen-bond acceptors (Lipinski definition) is 3. The summed E-state index contributed by atoms with van der Waals surface area (Å²) < 4.78 is 5.10. The first-order valence-electron chi connectivity index (χ1n) is 6.97. The third kappa shape index (κ3) is 6.54. The summed E-state index contributed by atoms with van der Waals surface area (Å²) in [5.74, 6) is 0.434. The Bertz CT molecular complexity index is 408. The third-order valence-corrected chi connectivity index (χ3v) is 2.80. The van der Waals surface area contributed by atoms with E-state index in [1.807, 2.05) is 24.3 Å². The van der Waals surface area contributed by atoms with Crippen molar-refractivity contribution in [3.05, 3.63) is 29.8 Å². The first kappa shape index (κ1) is 16.5. The summed E-state index contributed by atoms with van der Waals surface area (Å²) in [7, 11) is 0. The third-order valence-electron chi connectivity index (χ3n) is 2.80. The maximum Gasteiger partial charge on any atom is 0.319 e. The van der Waals surface area contributed by atoms with Gasteiger partial charge in [0.1, 0.15) is 0 Å². The maximum absolute atomic E-state index is 11.7. The van der Waals surface area contributed by atoms with Crippen molar-refractivity contribution in [1.29, 1.82) is 0 Å². The number of nitrogens with one attached hydrogen (secondary N) is 2. The van der Waals surface area contributed by atoms with Crippen LogP contribution in [-0.2, 0) is 4.74 Å². The minimum atomic E-state index is -0.215. The predicted molar refractivity (Wildman–Crippen MR) is 80.1 cm³/mol. The average Bonchev–Trinajstić information content (AvgIpc) is 2.43. The van der Waals surface area contributed by atoms with Gasteiger partial charge in [0.05, 0.1) is 13.2 Å². The minimum absolute atomic E-state index is 0.0279. The van der Waals surface area contributed by atoms with E-state index in [0.29, 0.717) is 25.7 Å².